The Kier molecular flexibility index (Phi) is 4.42. The summed E-state index contributed by atoms with van der Waals surface area (Å²) in [6, 6.07) is 6.88. The van der Waals surface area contributed by atoms with Gasteiger partial charge < -0.3 is 14.1 Å². The lowest BCUT2D eigenvalue weighted by atomic mass is 10.2. The molecule has 8 heteroatoms. The zero-order valence-corrected chi connectivity index (χ0v) is 13.2. The van der Waals surface area contributed by atoms with Gasteiger partial charge in [0.15, 0.2) is 11.0 Å². The van der Waals surface area contributed by atoms with Crippen LogP contribution >= 0.6 is 11.8 Å². The van der Waals surface area contributed by atoms with Crippen LogP contribution in [0.2, 0.25) is 0 Å². The summed E-state index contributed by atoms with van der Waals surface area (Å²) in [7, 11) is 0. The first-order valence-corrected chi connectivity index (χ1v) is 7.96. The summed E-state index contributed by atoms with van der Waals surface area (Å²) in [5.74, 6) is 0.724. The second-order valence-corrected chi connectivity index (χ2v) is 5.59. The van der Waals surface area contributed by atoms with Crippen molar-refractivity contribution in [2.75, 3.05) is 0 Å². The van der Waals surface area contributed by atoms with Crippen molar-refractivity contribution in [2.24, 2.45) is 0 Å². The number of carboxylic acid groups (broad SMARTS) is 1. The Morgan fingerprint density at radius 3 is 2.70 bits per heavy atom. The molecule has 0 unspecified atom stereocenters. The molecule has 0 aliphatic rings. The molecule has 3 aromatic heterocycles. The number of pyridine rings is 1. The van der Waals surface area contributed by atoms with Gasteiger partial charge in [0.25, 0.3) is 0 Å². The maximum atomic E-state index is 10.8. The van der Waals surface area contributed by atoms with Crippen molar-refractivity contribution in [1.82, 2.24) is 19.7 Å². The Morgan fingerprint density at radius 2 is 2.04 bits per heavy atom. The fraction of sp³-hybridized carbons (Fsp3) is 0.200. The van der Waals surface area contributed by atoms with E-state index in [1.807, 2.05) is 23.6 Å². The van der Waals surface area contributed by atoms with Crippen molar-refractivity contribution < 1.29 is 14.3 Å². The van der Waals surface area contributed by atoms with Gasteiger partial charge in [0.2, 0.25) is 5.76 Å². The van der Waals surface area contributed by atoms with Crippen LogP contribution in [0, 0.1) is 0 Å². The van der Waals surface area contributed by atoms with E-state index in [0.29, 0.717) is 11.5 Å². The maximum absolute atomic E-state index is 10.8. The van der Waals surface area contributed by atoms with Crippen molar-refractivity contribution in [1.29, 1.82) is 0 Å². The molecule has 0 aromatic carbocycles. The third kappa shape index (κ3) is 3.26. The zero-order chi connectivity index (χ0) is 16.2. The second-order valence-electron chi connectivity index (χ2n) is 4.65. The number of hydrogen-bond acceptors (Lipinski definition) is 6. The normalized spacial score (nSPS) is 10.8. The van der Waals surface area contributed by atoms with E-state index >= 15 is 0 Å². The second kappa shape index (κ2) is 6.66. The van der Waals surface area contributed by atoms with Gasteiger partial charge in [-0.2, -0.15) is 0 Å². The lowest BCUT2D eigenvalue weighted by molar-refractivity contribution is 0.0661. The SMILES string of the molecule is CCn1c(SCc2ccc(C(=O)O)o2)nnc1-c1ccncc1. The first-order chi connectivity index (χ1) is 11.2. The van der Waals surface area contributed by atoms with E-state index in [2.05, 4.69) is 15.2 Å². The van der Waals surface area contributed by atoms with Crippen LogP contribution in [0.25, 0.3) is 11.4 Å². The largest absolute Gasteiger partial charge is 0.475 e. The van der Waals surface area contributed by atoms with Crippen LogP contribution < -0.4 is 0 Å². The van der Waals surface area contributed by atoms with Gasteiger partial charge in [0, 0.05) is 24.5 Å². The topological polar surface area (TPSA) is 94.0 Å². The number of furan rings is 1. The Labute approximate surface area is 136 Å². The van der Waals surface area contributed by atoms with E-state index in [-0.39, 0.29) is 5.76 Å². The lowest BCUT2D eigenvalue weighted by Crippen LogP contribution is -1.99. The summed E-state index contributed by atoms with van der Waals surface area (Å²) < 4.78 is 7.25. The third-order valence-electron chi connectivity index (χ3n) is 3.19. The van der Waals surface area contributed by atoms with Crippen molar-refractivity contribution in [2.45, 2.75) is 24.4 Å². The summed E-state index contributed by atoms with van der Waals surface area (Å²) in [5.41, 5.74) is 0.951. The van der Waals surface area contributed by atoms with Crippen LogP contribution in [0.15, 0.2) is 46.2 Å². The number of aromatic nitrogens is 4. The van der Waals surface area contributed by atoms with E-state index in [0.717, 1.165) is 23.1 Å². The van der Waals surface area contributed by atoms with Gasteiger partial charge in [-0.1, -0.05) is 11.8 Å². The number of thioether (sulfide) groups is 1. The standard InChI is InChI=1S/C15H14N4O3S/c1-2-19-13(10-5-7-16-8-6-10)17-18-15(19)23-9-11-3-4-12(22-11)14(20)21/h3-8H,2,9H2,1H3,(H,20,21). The minimum absolute atomic E-state index is 0.0602. The molecule has 3 aromatic rings. The van der Waals surface area contributed by atoms with Crippen LogP contribution in [-0.4, -0.2) is 30.8 Å². The van der Waals surface area contributed by atoms with Gasteiger partial charge in [-0.25, -0.2) is 4.79 Å². The van der Waals surface area contributed by atoms with Crippen molar-refractivity contribution in [3.8, 4) is 11.4 Å². The number of aromatic carboxylic acids is 1. The lowest BCUT2D eigenvalue weighted by Gasteiger charge is -2.06. The Morgan fingerprint density at radius 1 is 1.26 bits per heavy atom. The first kappa shape index (κ1) is 15.3. The fourth-order valence-corrected chi connectivity index (χ4v) is 3.00. The molecule has 0 radical (unpaired) electrons. The zero-order valence-electron chi connectivity index (χ0n) is 12.3. The van der Waals surface area contributed by atoms with Gasteiger partial charge in [-0.05, 0) is 31.2 Å². The van der Waals surface area contributed by atoms with Crippen LogP contribution in [-0.2, 0) is 12.3 Å². The Bertz CT molecular complexity index is 813. The summed E-state index contributed by atoms with van der Waals surface area (Å²) in [6.45, 7) is 2.75. The molecule has 118 valence electrons. The molecule has 1 N–H and O–H groups in total. The van der Waals surface area contributed by atoms with Crippen molar-refractivity contribution in [3.63, 3.8) is 0 Å². The molecule has 0 aliphatic carbocycles. The van der Waals surface area contributed by atoms with Gasteiger partial charge in [-0.3, -0.25) is 4.98 Å². The number of nitrogens with zero attached hydrogens (tertiary/aromatic N) is 4. The molecule has 0 amide bonds. The summed E-state index contributed by atoms with van der Waals surface area (Å²) in [6.07, 6.45) is 3.43. The minimum atomic E-state index is -1.07. The van der Waals surface area contributed by atoms with E-state index in [1.54, 1.807) is 18.5 Å². The summed E-state index contributed by atoms with van der Waals surface area (Å²) in [4.78, 5) is 14.8. The molecule has 23 heavy (non-hydrogen) atoms. The predicted octanol–water partition coefficient (Wildman–Crippen LogP) is 2.94. The summed E-state index contributed by atoms with van der Waals surface area (Å²) in [5, 5.41) is 18.1. The van der Waals surface area contributed by atoms with Crippen molar-refractivity contribution >= 4 is 17.7 Å². The van der Waals surface area contributed by atoms with E-state index < -0.39 is 5.97 Å². The van der Waals surface area contributed by atoms with Gasteiger partial charge in [-0.15, -0.1) is 10.2 Å². The fourth-order valence-electron chi connectivity index (χ4n) is 2.10. The molecule has 0 aliphatic heterocycles. The number of carbonyl (C=O) groups is 1. The van der Waals surface area contributed by atoms with E-state index in [4.69, 9.17) is 9.52 Å². The average molecular weight is 330 g/mol. The highest BCUT2D eigenvalue weighted by Gasteiger charge is 2.14. The molecule has 0 bridgehead atoms. The number of carboxylic acids is 1. The monoisotopic (exact) mass is 330 g/mol. The molecule has 3 rings (SSSR count). The Hall–Kier alpha value is -2.61. The molecule has 0 saturated heterocycles. The minimum Gasteiger partial charge on any atom is -0.475 e. The highest BCUT2D eigenvalue weighted by atomic mass is 32.2. The predicted molar refractivity (Wildman–Crippen MR) is 84.2 cm³/mol. The van der Waals surface area contributed by atoms with Gasteiger partial charge in [0.05, 0.1) is 5.75 Å². The first-order valence-electron chi connectivity index (χ1n) is 6.97. The molecular formula is C15H14N4O3S. The van der Waals surface area contributed by atoms with Crippen LogP contribution in [0.3, 0.4) is 0 Å². The summed E-state index contributed by atoms with van der Waals surface area (Å²) >= 11 is 1.45. The average Bonchev–Trinajstić information content (AvgIpc) is 3.20. The molecule has 7 nitrogen and oxygen atoms in total. The van der Waals surface area contributed by atoms with Crippen LogP contribution in [0.5, 0.6) is 0 Å². The highest BCUT2D eigenvalue weighted by Crippen LogP contribution is 2.26. The molecule has 0 spiro atoms. The smallest absolute Gasteiger partial charge is 0.371 e. The third-order valence-corrected chi connectivity index (χ3v) is 4.18. The maximum Gasteiger partial charge on any atom is 0.371 e. The molecule has 3 heterocycles. The van der Waals surface area contributed by atoms with E-state index in [1.165, 1.54) is 17.8 Å². The number of rotatable bonds is 6. The van der Waals surface area contributed by atoms with Gasteiger partial charge in [0.1, 0.15) is 5.76 Å². The van der Waals surface area contributed by atoms with Crippen LogP contribution in [0.4, 0.5) is 0 Å². The number of hydrogen-bond donors (Lipinski definition) is 1. The molecular weight excluding hydrogens is 316 g/mol. The molecule has 0 atom stereocenters. The Balaban J connectivity index is 1.78. The van der Waals surface area contributed by atoms with Crippen LogP contribution in [0.1, 0.15) is 23.2 Å². The molecule has 0 fully saturated rings. The van der Waals surface area contributed by atoms with E-state index in [9.17, 15) is 4.79 Å². The van der Waals surface area contributed by atoms with Crippen molar-refractivity contribution in [3.05, 3.63) is 48.2 Å². The van der Waals surface area contributed by atoms with Gasteiger partial charge >= 0.3 is 5.97 Å². The quantitative estimate of drug-likeness (QED) is 0.694. The molecule has 0 saturated carbocycles. The highest BCUT2D eigenvalue weighted by molar-refractivity contribution is 7.98.